The number of carbonyl (C=O) groups is 2. The average molecular weight is 356 g/mol. The van der Waals surface area contributed by atoms with Gasteiger partial charge in [0.1, 0.15) is 5.82 Å². The Morgan fingerprint density at radius 1 is 1.23 bits per heavy atom. The number of fused-ring (bicyclic) bond motifs is 1. The van der Waals surface area contributed by atoms with Crippen LogP contribution in [0.15, 0.2) is 42.5 Å². The standard InChI is InChI=1S/C20H21FN2O3/c21-16-6-2-4-14(9-16)18(24)11-20(26)23-8-7-17-13(10-19(22)25)3-1-5-15(17)12-23/h1-6,9,18,24H,7-8,10-12H2,(H2,22,25). The van der Waals surface area contributed by atoms with Gasteiger partial charge < -0.3 is 15.7 Å². The summed E-state index contributed by atoms with van der Waals surface area (Å²) >= 11 is 0. The SMILES string of the molecule is NC(=O)Cc1cccc2c1CCN(C(=O)CC(O)c1cccc(F)c1)C2. The van der Waals surface area contributed by atoms with Crippen molar-refractivity contribution in [1.29, 1.82) is 0 Å². The van der Waals surface area contributed by atoms with E-state index in [1.807, 2.05) is 18.2 Å². The van der Waals surface area contributed by atoms with Crippen molar-refractivity contribution in [3.8, 4) is 0 Å². The molecule has 1 unspecified atom stereocenters. The molecule has 6 heteroatoms. The third-order valence-corrected chi connectivity index (χ3v) is 4.68. The largest absolute Gasteiger partial charge is 0.388 e. The molecular weight excluding hydrogens is 335 g/mol. The highest BCUT2D eigenvalue weighted by Crippen LogP contribution is 2.25. The fraction of sp³-hybridized carbons (Fsp3) is 0.300. The number of rotatable bonds is 5. The van der Waals surface area contributed by atoms with E-state index in [9.17, 15) is 19.1 Å². The number of hydrogen-bond acceptors (Lipinski definition) is 3. The number of primary amides is 1. The van der Waals surface area contributed by atoms with Crippen LogP contribution in [0.2, 0.25) is 0 Å². The van der Waals surface area contributed by atoms with Gasteiger partial charge in [-0.1, -0.05) is 30.3 Å². The Labute approximate surface area is 151 Å². The first-order chi connectivity index (χ1) is 12.4. The Kier molecular flexibility index (Phi) is 5.32. The molecule has 136 valence electrons. The van der Waals surface area contributed by atoms with E-state index in [-0.39, 0.29) is 24.7 Å². The number of hydrogen-bond donors (Lipinski definition) is 2. The maximum Gasteiger partial charge on any atom is 0.225 e. The van der Waals surface area contributed by atoms with E-state index < -0.39 is 11.9 Å². The van der Waals surface area contributed by atoms with Gasteiger partial charge in [-0.15, -0.1) is 0 Å². The zero-order valence-corrected chi connectivity index (χ0v) is 14.3. The van der Waals surface area contributed by atoms with E-state index in [2.05, 4.69) is 0 Å². The summed E-state index contributed by atoms with van der Waals surface area (Å²) in [5, 5.41) is 10.2. The number of benzene rings is 2. The Morgan fingerprint density at radius 3 is 2.73 bits per heavy atom. The van der Waals surface area contributed by atoms with Crippen molar-refractivity contribution in [2.24, 2.45) is 5.73 Å². The van der Waals surface area contributed by atoms with Crippen LogP contribution in [0.1, 0.15) is 34.8 Å². The molecule has 2 aromatic carbocycles. The molecule has 0 bridgehead atoms. The highest BCUT2D eigenvalue weighted by atomic mass is 19.1. The summed E-state index contributed by atoms with van der Waals surface area (Å²) in [4.78, 5) is 25.4. The number of amides is 2. The minimum atomic E-state index is -1.04. The quantitative estimate of drug-likeness (QED) is 0.858. The zero-order valence-electron chi connectivity index (χ0n) is 14.3. The van der Waals surface area contributed by atoms with E-state index in [0.717, 1.165) is 16.7 Å². The summed E-state index contributed by atoms with van der Waals surface area (Å²) in [6.07, 6.45) is -0.309. The molecule has 1 atom stereocenters. The molecule has 0 saturated heterocycles. The molecule has 2 amide bonds. The van der Waals surface area contributed by atoms with Crippen molar-refractivity contribution < 1.29 is 19.1 Å². The molecule has 0 aliphatic carbocycles. The maximum atomic E-state index is 13.3. The van der Waals surface area contributed by atoms with Crippen molar-refractivity contribution in [1.82, 2.24) is 4.90 Å². The summed E-state index contributed by atoms with van der Waals surface area (Å²) in [6, 6.07) is 11.3. The number of carbonyl (C=O) groups excluding carboxylic acids is 2. The van der Waals surface area contributed by atoms with Crippen LogP contribution in [0, 0.1) is 5.82 Å². The third-order valence-electron chi connectivity index (χ3n) is 4.68. The van der Waals surface area contributed by atoms with Crippen molar-refractivity contribution in [3.05, 3.63) is 70.5 Å². The van der Waals surface area contributed by atoms with Crippen LogP contribution in [0.5, 0.6) is 0 Å². The lowest BCUT2D eigenvalue weighted by Gasteiger charge is -2.31. The molecular formula is C20H21FN2O3. The summed E-state index contributed by atoms with van der Waals surface area (Å²) < 4.78 is 13.3. The molecule has 26 heavy (non-hydrogen) atoms. The first kappa shape index (κ1) is 18.1. The van der Waals surface area contributed by atoms with Crippen molar-refractivity contribution >= 4 is 11.8 Å². The van der Waals surface area contributed by atoms with Gasteiger partial charge in [0.2, 0.25) is 11.8 Å². The molecule has 0 aromatic heterocycles. The number of nitrogens with zero attached hydrogens (tertiary/aromatic N) is 1. The molecule has 5 nitrogen and oxygen atoms in total. The fourth-order valence-corrected chi connectivity index (χ4v) is 3.38. The van der Waals surface area contributed by atoms with Crippen LogP contribution in [-0.2, 0) is 29.0 Å². The van der Waals surface area contributed by atoms with Crippen LogP contribution in [0.25, 0.3) is 0 Å². The number of nitrogens with two attached hydrogens (primary N) is 1. The molecule has 0 fully saturated rings. The molecule has 3 N–H and O–H groups in total. The summed E-state index contributed by atoms with van der Waals surface area (Å²) in [5.41, 5.74) is 8.65. The van der Waals surface area contributed by atoms with Gasteiger partial charge in [0.15, 0.2) is 0 Å². The predicted molar refractivity (Wildman–Crippen MR) is 94.4 cm³/mol. The number of aliphatic hydroxyl groups is 1. The second-order valence-corrected chi connectivity index (χ2v) is 6.54. The molecule has 2 aromatic rings. The predicted octanol–water partition coefficient (Wildman–Crippen LogP) is 1.86. The van der Waals surface area contributed by atoms with E-state index in [0.29, 0.717) is 25.1 Å². The maximum absolute atomic E-state index is 13.3. The van der Waals surface area contributed by atoms with Gasteiger partial charge in [0.25, 0.3) is 0 Å². The first-order valence-corrected chi connectivity index (χ1v) is 8.53. The van der Waals surface area contributed by atoms with Gasteiger partial charge in [-0.05, 0) is 40.8 Å². The van der Waals surface area contributed by atoms with E-state index >= 15 is 0 Å². The Hall–Kier alpha value is -2.73. The van der Waals surface area contributed by atoms with Crippen LogP contribution < -0.4 is 5.73 Å². The first-order valence-electron chi connectivity index (χ1n) is 8.53. The normalized spacial score (nSPS) is 14.6. The van der Waals surface area contributed by atoms with E-state index in [1.165, 1.54) is 18.2 Å². The molecule has 0 spiro atoms. The lowest BCUT2D eigenvalue weighted by molar-refractivity contribution is -0.134. The monoisotopic (exact) mass is 356 g/mol. The Balaban J connectivity index is 1.68. The summed E-state index contributed by atoms with van der Waals surface area (Å²) in [5.74, 6) is -1.01. The smallest absolute Gasteiger partial charge is 0.225 e. The summed E-state index contributed by atoms with van der Waals surface area (Å²) in [6.45, 7) is 0.939. The molecule has 3 rings (SSSR count). The molecule has 1 heterocycles. The van der Waals surface area contributed by atoms with Gasteiger partial charge in [-0.25, -0.2) is 4.39 Å². The Morgan fingerprint density at radius 2 is 2.00 bits per heavy atom. The highest BCUT2D eigenvalue weighted by molar-refractivity contribution is 5.78. The Bertz CT molecular complexity index is 838. The van der Waals surface area contributed by atoms with Crippen molar-refractivity contribution in [2.75, 3.05) is 6.54 Å². The van der Waals surface area contributed by atoms with Crippen molar-refractivity contribution in [2.45, 2.75) is 31.9 Å². The van der Waals surface area contributed by atoms with Gasteiger partial charge in [0.05, 0.1) is 18.9 Å². The van der Waals surface area contributed by atoms with Crippen LogP contribution in [0.4, 0.5) is 4.39 Å². The van der Waals surface area contributed by atoms with Crippen LogP contribution in [0.3, 0.4) is 0 Å². The van der Waals surface area contributed by atoms with Gasteiger partial charge >= 0.3 is 0 Å². The second kappa shape index (κ2) is 7.66. The molecule has 1 aliphatic rings. The van der Waals surface area contributed by atoms with Gasteiger partial charge in [-0.3, -0.25) is 9.59 Å². The summed E-state index contributed by atoms with van der Waals surface area (Å²) in [7, 11) is 0. The lowest BCUT2D eigenvalue weighted by Crippen LogP contribution is -2.37. The molecule has 1 aliphatic heterocycles. The van der Waals surface area contributed by atoms with Crippen LogP contribution >= 0.6 is 0 Å². The van der Waals surface area contributed by atoms with Gasteiger partial charge in [-0.2, -0.15) is 0 Å². The lowest BCUT2D eigenvalue weighted by atomic mass is 9.92. The minimum absolute atomic E-state index is 0.0975. The molecule has 0 saturated carbocycles. The average Bonchev–Trinajstić information content (AvgIpc) is 2.61. The third kappa shape index (κ3) is 4.08. The van der Waals surface area contributed by atoms with Gasteiger partial charge in [0, 0.05) is 13.1 Å². The van der Waals surface area contributed by atoms with Crippen LogP contribution in [-0.4, -0.2) is 28.4 Å². The minimum Gasteiger partial charge on any atom is -0.388 e. The number of halogens is 1. The van der Waals surface area contributed by atoms with E-state index in [4.69, 9.17) is 5.73 Å². The topological polar surface area (TPSA) is 83.6 Å². The second-order valence-electron chi connectivity index (χ2n) is 6.54. The van der Waals surface area contributed by atoms with Crippen molar-refractivity contribution in [3.63, 3.8) is 0 Å². The molecule has 0 radical (unpaired) electrons. The number of aliphatic hydroxyl groups excluding tert-OH is 1. The fourth-order valence-electron chi connectivity index (χ4n) is 3.38. The van der Waals surface area contributed by atoms with E-state index in [1.54, 1.807) is 11.0 Å². The highest BCUT2D eigenvalue weighted by Gasteiger charge is 2.24. The zero-order chi connectivity index (χ0) is 18.7.